The molecule has 0 aromatic heterocycles. The minimum absolute atomic E-state index is 0.0298. The number of rotatable bonds is 6. The van der Waals surface area contributed by atoms with Gasteiger partial charge in [-0.25, -0.2) is 0 Å². The van der Waals surface area contributed by atoms with Gasteiger partial charge >= 0.3 is 0 Å². The van der Waals surface area contributed by atoms with E-state index in [4.69, 9.17) is 4.74 Å². The zero-order valence-corrected chi connectivity index (χ0v) is 11.5. The van der Waals surface area contributed by atoms with Crippen LogP contribution in [0.3, 0.4) is 0 Å². The minimum atomic E-state index is -0.0298. The van der Waals surface area contributed by atoms with Gasteiger partial charge in [0.05, 0.1) is 13.2 Å². The maximum Gasteiger partial charge on any atom is 0.239 e. The number of benzene rings is 1. The third kappa shape index (κ3) is 4.75. The first kappa shape index (κ1) is 14.5. The molecule has 0 aliphatic rings. The highest BCUT2D eigenvalue weighted by Crippen LogP contribution is 2.13. The number of carbonyl (C=O) groups is 1. The number of hydrogen-bond donors (Lipinski definition) is 2. The lowest BCUT2D eigenvalue weighted by Gasteiger charge is -2.14. The van der Waals surface area contributed by atoms with Gasteiger partial charge in [-0.3, -0.25) is 4.79 Å². The highest BCUT2D eigenvalue weighted by Gasteiger charge is 2.06. The third-order valence-electron chi connectivity index (χ3n) is 2.78. The maximum atomic E-state index is 11.6. The third-order valence-corrected chi connectivity index (χ3v) is 2.78. The number of hydrogen-bond acceptors (Lipinski definition) is 3. The van der Waals surface area contributed by atoms with Crippen LogP contribution in [-0.4, -0.2) is 32.2 Å². The summed E-state index contributed by atoms with van der Waals surface area (Å²) in [6, 6.07) is 6.10. The molecule has 1 amide bonds. The second kappa shape index (κ2) is 7.01. The van der Waals surface area contributed by atoms with E-state index in [2.05, 4.69) is 24.5 Å². The van der Waals surface area contributed by atoms with Crippen LogP contribution in [0.4, 0.5) is 5.69 Å². The largest absolute Gasteiger partial charge is 0.383 e. The Morgan fingerprint density at radius 2 is 2.06 bits per heavy atom. The van der Waals surface area contributed by atoms with Crippen molar-refractivity contribution >= 4 is 11.6 Å². The zero-order valence-electron chi connectivity index (χ0n) is 11.5. The lowest BCUT2D eigenvalue weighted by molar-refractivity contribution is -0.120. The fraction of sp³-hybridized carbons (Fsp3) is 0.500. The molecule has 1 unspecified atom stereocenters. The summed E-state index contributed by atoms with van der Waals surface area (Å²) < 4.78 is 4.96. The summed E-state index contributed by atoms with van der Waals surface area (Å²) in [5, 5.41) is 5.96. The van der Waals surface area contributed by atoms with Gasteiger partial charge < -0.3 is 15.4 Å². The lowest BCUT2D eigenvalue weighted by Crippen LogP contribution is -2.39. The second-order valence-corrected chi connectivity index (χ2v) is 4.58. The summed E-state index contributed by atoms with van der Waals surface area (Å²) in [6.45, 7) is 6.84. The molecule has 0 radical (unpaired) electrons. The van der Waals surface area contributed by atoms with Crippen LogP contribution >= 0.6 is 0 Å². The average molecular weight is 250 g/mol. The topological polar surface area (TPSA) is 50.4 Å². The Kier molecular flexibility index (Phi) is 5.65. The fourth-order valence-electron chi connectivity index (χ4n) is 1.65. The number of anilines is 1. The molecule has 1 rings (SSSR count). The first-order chi connectivity index (χ1) is 8.52. The molecule has 1 atom stereocenters. The summed E-state index contributed by atoms with van der Waals surface area (Å²) in [5.74, 6) is -0.0298. The Hall–Kier alpha value is -1.55. The number of methoxy groups -OCH3 is 1. The molecule has 0 aliphatic carbocycles. The number of amides is 1. The van der Waals surface area contributed by atoms with Crippen LogP contribution in [0.2, 0.25) is 0 Å². The van der Waals surface area contributed by atoms with Crippen molar-refractivity contribution in [2.45, 2.75) is 26.8 Å². The van der Waals surface area contributed by atoms with Crippen molar-refractivity contribution in [3.63, 3.8) is 0 Å². The van der Waals surface area contributed by atoms with Crippen molar-refractivity contribution in [1.29, 1.82) is 0 Å². The zero-order chi connectivity index (χ0) is 13.5. The normalized spacial score (nSPS) is 12.0. The van der Waals surface area contributed by atoms with Crippen molar-refractivity contribution in [2.24, 2.45) is 0 Å². The monoisotopic (exact) mass is 250 g/mol. The Balaban J connectivity index is 2.40. The molecule has 0 fully saturated rings. The van der Waals surface area contributed by atoms with E-state index in [1.165, 1.54) is 11.1 Å². The maximum absolute atomic E-state index is 11.6. The minimum Gasteiger partial charge on any atom is -0.383 e. The van der Waals surface area contributed by atoms with Gasteiger partial charge in [-0.15, -0.1) is 0 Å². The van der Waals surface area contributed by atoms with Crippen molar-refractivity contribution in [3.05, 3.63) is 29.3 Å². The summed E-state index contributed by atoms with van der Waals surface area (Å²) in [5.41, 5.74) is 3.43. The fourth-order valence-corrected chi connectivity index (χ4v) is 1.65. The molecule has 0 spiro atoms. The summed E-state index contributed by atoms with van der Waals surface area (Å²) >= 11 is 0. The molecule has 1 aromatic rings. The lowest BCUT2D eigenvalue weighted by atomic mass is 10.1. The smallest absolute Gasteiger partial charge is 0.239 e. The molecule has 0 bridgehead atoms. The molecule has 0 heterocycles. The molecule has 4 heteroatoms. The summed E-state index contributed by atoms with van der Waals surface area (Å²) in [7, 11) is 1.62. The van der Waals surface area contributed by atoms with E-state index >= 15 is 0 Å². The Labute approximate surface area is 109 Å². The molecule has 100 valence electrons. The molecule has 0 aliphatic heterocycles. The molecule has 18 heavy (non-hydrogen) atoms. The van der Waals surface area contributed by atoms with Gasteiger partial charge in [0.2, 0.25) is 5.91 Å². The van der Waals surface area contributed by atoms with Crippen LogP contribution in [0, 0.1) is 13.8 Å². The van der Waals surface area contributed by atoms with Crippen LogP contribution in [0.5, 0.6) is 0 Å². The highest BCUT2D eigenvalue weighted by atomic mass is 16.5. The van der Waals surface area contributed by atoms with Gasteiger partial charge in [0.15, 0.2) is 0 Å². The molecule has 2 N–H and O–H groups in total. The Morgan fingerprint density at radius 3 is 2.67 bits per heavy atom. The van der Waals surface area contributed by atoms with Crippen LogP contribution in [-0.2, 0) is 9.53 Å². The van der Waals surface area contributed by atoms with E-state index in [-0.39, 0.29) is 18.5 Å². The van der Waals surface area contributed by atoms with Crippen LogP contribution in [0.1, 0.15) is 18.1 Å². The summed E-state index contributed by atoms with van der Waals surface area (Å²) in [4.78, 5) is 11.6. The Bertz CT molecular complexity index is 405. The molecule has 4 nitrogen and oxygen atoms in total. The number of nitrogens with one attached hydrogen (secondary N) is 2. The number of carbonyl (C=O) groups excluding carboxylic acids is 1. The van der Waals surface area contributed by atoms with E-state index in [9.17, 15) is 4.79 Å². The molecule has 1 aromatic carbocycles. The average Bonchev–Trinajstić information content (AvgIpc) is 2.31. The van der Waals surface area contributed by atoms with Crippen molar-refractivity contribution in [3.8, 4) is 0 Å². The second-order valence-electron chi connectivity index (χ2n) is 4.58. The molecular formula is C14H22N2O2. The van der Waals surface area contributed by atoms with E-state index in [0.717, 1.165) is 5.69 Å². The number of ether oxygens (including phenoxy) is 1. The van der Waals surface area contributed by atoms with Crippen molar-refractivity contribution in [2.75, 3.05) is 25.6 Å². The van der Waals surface area contributed by atoms with E-state index in [0.29, 0.717) is 6.61 Å². The van der Waals surface area contributed by atoms with Gasteiger partial charge in [0, 0.05) is 18.8 Å². The first-order valence-corrected chi connectivity index (χ1v) is 6.12. The van der Waals surface area contributed by atoms with Gasteiger partial charge in [-0.05, 0) is 44.0 Å². The van der Waals surface area contributed by atoms with Gasteiger partial charge in [-0.2, -0.15) is 0 Å². The highest BCUT2D eigenvalue weighted by molar-refractivity contribution is 5.81. The van der Waals surface area contributed by atoms with Crippen LogP contribution in [0.15, 0.2) is 18.2 Å². The van der Waals surface area contributed by atoms with Crippen molar-refractivity contribution < 1.29 is 9.53 Å². The van der Waals surface area contributed by atoms with Crippen LogP contribution < -0.4 is 10.6 Å². The first-order valence-electron chi connectivity index (χ1n) is 6.12. The standard InChI is InChI=1S/C14H22N2O2/c1-10-5-6-13(7-11(10)2)15-8-14(17)16-12(3)9-18-4/h5-7,12,15H,8-9H2,1-4H3,(H,16,17). The molecular weight excluding hydrogens is 228 g/mol. The van der Waals surface area contributed by atoms with E-state index in [1.807, 2.05) is 25.1 Å². The molecule has 0 saturated heterocycles. The Morgan fingerprint density at radius 1 is 1.33 bits per heavy atom. The number of aryl methyl sites for hydroxylation is 2. The van der Waals surface area contributed by atoms with E-state index < -0.39 is 0 Å². The van der Waals surface area contributed by atoms with E-state index in [1.54, 1.807) is 7.11 Å². The van der Waals surface area contributed by atoms with Crippen molar-refractivity contribution in [1.82, 2.24) is 5.32 Å². The van der Waals surface area contributed by atoms with Gasteiger partial charge in [0.1, 0.15) is 0 Å². The molecule has 0 saturated carbocycles. The predicted molar refractivity (Wildman–Crippen MR) is 73.9 cm³/mol. The SMILES string of the molecule is COCC(C)NC(=O)CNc1ccc(C)c(C)c1. The van der Waals surface area contributed by atoms with Crippen LogP contribution in [0.25, 0.3) is 0 Å². The quantitative estimate of drug-likeness (QED) is 0.810. The van der Waals surface area contributed by atoms with Gasteiger partial charge in [0.25, 0.3) is 0 Å². The summed E-state index contributed by atoms with van der Waals surface area (Å²) in [6.07, 6.45) is 0. The predicted octanol–water partition coefficient (Wildman–Crippen LogP) is 1.87. The van der Waals surface area contributed by atoms with Gasteiger partial charge in [-0.1, -0.05) is 6.07 Å².